The number of carbonyl (C=O) groups is 3. The number of anilines is 1. The minimum absolute atomic E-state index is 0.103. The van der Waals surface area contributed by atoms with Crippen LogP contribution in [-0.2, 0) is 20.5 Å². The Morgan fingerprint density at radius 2 is 2.08 bits per heavy atom. The molecule has 1 fully saturated rings. The van der Waals surface area contributed by atoms with Crippen molar-refractivity contribution in [3.8, 4) is 0 Å². The second-order valence-corrected chi connectivity index (χ2v) is 6.73. The molecular weight excluding hydrogens is 397 g/mol. The Balaban J connectivity index is 1.83. The van der Waals surface area contributed by atoms with Crippen LogP contribution in [0.25, 0.3) is 0 Å². The van der Waals surface area contributed by atoms with Crippen LogP contribution in [0.1, 0.15) is 12.0 Å². The summed E-state index contributed by atoms with van der Waals surface area (Å²) in [6.45, 7) is -0.0306. The summed E-state index contributed by atoms with van der Waals surface area (Å²) in [6, 6.07) is 2.90. The fourth-order valence-electron chi connectivity index (χ4n) is 2.12. The molecule has 0 atom stereocenters. The van der Waals surface area contributed by atoms with E-state index in [1.54, 1.807) is 0 Å². The van der Waals surface area contributed by atoms with Gasteiger partial charge in [-0.25, -0.2) is 0 Å². The maximum absolute atomic E-state index is 12.9. The van der Waals surface area contributed by atoms with Gasteiger partial charge in [0.05, 0.1) is 17.7 Å². The van der Waals surface area contributed by atoms with E-state index in [-0.39, 0.29) is 23.2 Å². The summed E-state index contributed by atoms with van der Waals surface area (Å²) in [5, 5.41) is 1.79. The van der Waals surface area contributed by atoms with E-state index in [1.807, 2.05) is 5.32 Å². The lowest BCUT2D eigenvalue weighted by Crippen LogP contribution is -2.28. The lowest BCUT2D eigenvalue weighted by Gasteiger charge is -2.15. The van der Waals surface area contributed by atoms with E-state index < -0.39 is 35.9 Å². The molecule has 0 spiro atoms. The molecule has 2 rings (SSSR count). The third kappa shape index (κ3) is 5.80. The SMILES string of the molecule is O=C(COC(=O)CCN1CCSC1=O)Nc1ccc(Cl)cc1C(F)(F)F. The third-order valence-corrected chi connectivity index (χ3v) is 4.48. The largest absolute Gasteiger partial charge is 0.456 e. The van der Waals surface area contributed by atoms with Crippen molar-refractivity contribution in [1.29, 1.82) is 0 Å². The number of halogens is 4. The molecule has 0 saturated carbocycles. The van der Waals surface area contributed by atoms with E-state index in [2.05, 4.69) is 0 Å². The Labute approximate surface area is 156 Å². The zero-order chi connectivity index (χ0) is 19.3. The number of hydrogen-bond acceptors (Lipinski definition) is 5. The number of alkyl halides is 3. The van der Waals surface area contributed by atoms with Crippen LogP contribution < -0.4 is 5.32 Å². The molecule has 1 aliphatic rings. The van der Waals surface area contributed by atoms with Crippen LogP contribution in [0.4, 0.5) is 23.7 Å². The molecular formula is C15H14ClF3N2O4S. The Hall–Kier alpha value is -1.94. The highest BCUT2D eigenvalue weighted by Gasteiger charge is 2.34. The lowest BCUT2D eigenvalue weighted by molar-refractivity contribution is -0.147. The van der Waals surface area contributed by atoms with Gasteiger partial charge in [-0.05, 0) is 18.2 Å². The van der Waals surface area contributed by atoms with Gasteiger partial charge < -0.3 is 15.0 Å². The van der Waals surface area contributed by atoms with Crippen LogP contribution in [0.2, 0.25) is 5.02 Å². The number of thioether (sulfide) groups is 1. The van der Waals surface area contributed by atoms with Crippen molar-refractivity contribution in [2.75, 3.05) is 30.8 Å². The molecule has 1 aromatic carbocycles. The zero-order valence-electron chi connectivity index (χ0n) is 13.3. The lowest BCUT2D eigenvalue weighted by atomic mass is 10.1. The van der Waals surface area contributed by atoms with E-state index in [1.165, 1.54) is 11.0 Å². The molecule has 1 heterocycles. The van der Waals surface area contributed by atoms with Gasteiger partial charge in [0.25, 0.3) is 11.1 Å². The molecule has 26 heavy (non-hydrogen) atoms. The maximum Gasteiger partial charge on any atom is 0.418 e. The van der Waals surface area contributed by atoms with Gasteiger partial charge in [0.2, 0.25) is 0 Å². The minimum Gasteiger partial charge on any atom is -0.456 e. The van der Waals surface area contributed by atoms with Crippen LogP contribution in [0.15, 0.2) is 18.2 Å². The van der Waals surface area contributed by atoms with Crippen LogP contribution in [0.5, 0.6) is 0 Å². The molecule has 0 aromatic heterocycles. The molecule has 1 saturated heterocycles. The predicted molar refractivity (Wildman–Crippen MR) is 90.1 cm³/mol. The Kier molecular flexibility index (Phi) is 6.76. The van der Waals surface area contributed by atoms with Gasteiger partial charge in [0.15, 0.2) is 6.61 Å². The molecule has 142 valence electrons. The first-order valence-electron chi connectivity index (χ1n) is 7.41. The van der Waals surface area contributed by atoms with Gasteiger partial charge in [-0.2, -0.15) is 13.2 Å². The highest BCUT2D eigenvalue weighted by atomic mass is 35.5. The summed E-state index contributed by atoms with van der Waals surface area (Å²) in [5.74, 6) is -0.991. The number of benzene rings is 1. The number of amides is 2. The molecule has 0 radical (unpaired) electrons. The first-order chi connectivity index (χ1) is 12.2. The summed E-state index contributed by atoms with van der Waals surface area (Å²) >= 11 is 6.70. The minimum atomic E-state index is -4.70. The van der Waals surface area contributed by atoms with Crippen molar-refractivity contribution in [3.05, 3.63) is 28.8 Å². The van der Waals surface area contributed by atoms with E-state index in [4.69, 9.17) is 16.3 Å². The molecule has 1 aromatic rings. The highest BCUT2D eigenvalue weighted by Crippen LogP contribution is 2.36. The number of ether oxygens (including phenoxy) is 1. The molecule has 0 unspecified atom stereocenters. The van der Waals surface area contributed by atoms with Crippen molar-refractivity contribution >= 4 is 46.2 Å². The van der Waals surface area contributed by atoms with E-state index in [9.17, 15) is 27.6 Å². The summed E-state index contributed by atoms with van der Waals surface area (Å²) in [4.78, 5) is 36.2. The normalized spacial score (nSPS) is 14.5. The standard InChI is InChI=1S/C15H14ClF3N2O4S/c16-9-1-2-11(10(7-9)15(17,18)19)20-12(22)8-25-13(23)3-4-21-5-6-26-14(21)24/h1-2,7H,3-6,8H2,(H,20,22). The van der Waals surface area contributed by atoms with Crippen molar-refractivity contribution in [2.24, 2.45) is 0 Å². The van der Waals surface area contributed by atoms with Crippen molar-refractivity contribution in [1.82, 2.24) is 4.90 Å². The van der Waals surface area contributed by atoms with Gasteiger partial charge in [-0.3, -0.25) is 14.4 Å². The smallest absolute Gasteiger partial charge is 0.418 e. The molecule has 0 bridgehead atoms. The number of carbonyl (C=O) groups excluding carboxylic acids is 3. The van der Waals surface area contributed by atoms with Crippen LogP contribution >= 0.6 is 23.4 Å². The Bertz CT molecular complexity index is 715. The number of nitrogens with one attached hydrogen (secondary N) is 1. The average molecular weight is 411 g/mol. The van der Waals surface area contributed by atoms with Gasteiger partial charge >= 0.3 is 12.1 Å². The topological polar surface area (TPSA) is 75.7 Å². The van der Waals surface area contributed by atoms with E-state index >= 15 is 0 Å². The number of rotatable bonds is 6. The van der Waals surface area contributed by atoms with Crippen LogP contribution in [-0.4, -0.2) is 47.5 Å². The first kappa shape index (κ1) is 20.4. The molecule has 1 aliphatic heterocycles. The molecule has 0 aliphatic carbocycles. The third-order valence-electron chi connectivity index (χ3n) is 3.36. The van der Waals surface area contributed by atoms with Crippen molar-refractivity contribution in [2.45, 2.75) is 12.6 Å². The molecule has 1 N–H and O–H groups in total. The molecule has 6 nitrogen and oxygen atoms in total. The molecule has 11 heteroatoms. The van der Waals surface area contributed by atoms with Gasteiger partial charge in [-0.1, -0.05) is 23.4 Å². The van der Waals surface area contributed by atoms with E-state index in [0.717, 1.165) is 17.8 Å². The Morgan fingerprint density at radius 3 is 2.69 bits per heavy atom. The first-order valence-corrected chi connectivity index (χ1v) is 8.77. The van der Waals surface area contributed by atoms with Crippen LogP contribution in [0.3, 0.4) is 0 Å². The summed E-state index contributed by atoms with van der Waals surface area (Å²) in [5.41, 5.74) is -1.59. The monoisotopic (exact) mass is 410 g/mol. The highest BCUT2D eigenvalue weighted by molar-refractivity contribution is 8.13. The van der Waals surface area contributed by atoms with Gasteiger partial charge in [0.1, 0.15) is 0 Å². The van der Waals surface area contributed by atoms with Crippen molar-refractivity contribution < 1.29 is 32.3 Å². The molecule has 2 amide bonds. The number of hydrogen-bond donors (Lipinski definition) is 1. The maximum atomic E-state index is 12.9. The Morgan fingerprint density at radius 1 is 1.35 bits per heavy atom. The van der Waals surface area contributed by atoms with Crippen LogP contribution in [0, 0.1) is 0 Å². The zero-order valence-corrected chi connectivity index (χ0v) is 14.8. The summed E-state index contributed by atoms with van der Waals surface area (Å²) < 4.78 is 43.5. The second kappa shape index (κ2) is 8.63. The number of nitrogens with zero attached hydrogens (tertiary/aromatic N) is 1. The van der Waals surface area contributed by atoms with Gasteiger partial charge in [0, 0.05) is 23.9 Å². The van der Waals surface area contributed by atoms with Gasteiger partial charge in [-0.15, -0.1) is 0 Å². The quantitative estimate of drug-likeness (QED) is 0.727. The summed E-state index contributed by atoms with van der Waals surface area (Å²) in [7, 11) is 0. The predicted octanol–water partition coefficient (Wildman–Crippen LogP) is 3.40. The summed E-state index contributed by atoms with van der Waals surface area (Å²) in [6.07, 6.45) is -4.81. The fourth-order valence-corrected chi connectivity index (χ4v) is 3.14. The average Bonchev–Trinajstić information content (AvgIpc) is 2.97. The number of esters is 1. The second-order valence-electron chi connectivity index (χ2n) is 5.25. The van der Waals surface area contributed by atoms with Crippen molar-refractivity contribution in [3.63, 3.8) is 0 Å². The fraction of sp³-hybridized carbons (Fsp3) is 0.400. The van der Waals surface area contributed by atoms with E-state index in [0.29, 0.717) is 18.4 Å².